The molecule has 0 spiro atoms. The summed E-state index contributed by atoms with van der Waals surface area (Å²) in [4.78, 5) is 12.0. The third kappa shape index (κ3) is 6.90. The number of benzene rings is 1. The van der Waals surface area contributed by atoms with E-state index in [1.165, 1.54) is 18.2 Å². The molecule has 2 aromatic rings. The topological polar surface area (TPSA) is 68.0 Å². The minimum absolute atomic E-state index is 0.00245. The summed E-state index contributed by atoms with van der Waals surface area (Å²) in [7, 11) is 0. The number of thioether (sulfide) groups is 1. The van der Waals surface area contributed by atoms with Gasteiger partial charge in [0.15, 0.2) is 0 Å². The Balaban J connectivity index is 1.77. The van der Waals surface area contributed by atoms with Crippen molar-refractivity contribution >= 4 is 17.7 Å². The van der Waals surface area contributed by atoms with Crippen LogP contribution in [0.5, 0.6) is 0 Å². The molecule has 0 aliphatic carbocycles. The molecule has 1 N–H and O–H groups in total. The van der Waals surface area contributed by atoms with Gasteiger partial charge in [-0.05, 0) is 38.3 Å². The molecule has 136 valence electrons. The van der Waals surface area contributed by atoms with E-state index in [1.54, 1.807) is 0 Å². The maximum absolute atomic E-state index is 12.0. The molecule has 0 aliphatic rings. The second kappa shape index (κ2) is 9.61. The Hall–Kier alpha value is -1.82. The zero-order chi connectivity index (χ0) is 18.2. The Morgan fingerprint density at radius 2 is 2.04 bits per heavy atom. The minimum Gasteiger partial charge on any atom is -0.411 e. The normalized spacial score (nSPS) is 12.4. The molecule has 2 rings (SSSR count). The standard InChI is InChI=1S/C19H27N3O2S/c1-13(2)7-5-9-15(4)20-17(23)12-25-19-22-21-18(24-19)16-10-6-8-14(3)11-16/h6,8,10-11,13,15H,5,7,9,12H2,1-4H3,(H,20,23)/t15-/m1/s1. The molecule has 6 heteroatoms. The number of carbonyl (C=O) groups is 1. The van der Waals surface area contributed by atoms with Crippen molar-refractivity contribution in [3.8, 4) is 11.5 Å². The monoisotopic (exact) mass is 361 g/mol. The van der Waals surface area contributed by atoms with Crippen molar-refractivity contribution in [2.24, 2.45) is 5.92 Å². The first-order valence-electron chi connectivity index (χ1n) is 8.76. The second-order valence-corrected chi connectivity index (χ2v) is 7.75. The van der Waals surface area contributed by atoms with Crippen LogP contribution in [0, 0.1) is 12.8 Å². The van der Waals surface area contributed by atoms with Crippen molar-refractivity contribution in [1.29, 1.82) is 0 Å². The molecule has 1 aromatic heterocycles. The fourth-order valence-corrected chi connectivity index (χ4v) is 3.09. The van der Waals surface area contributed by atoms with Crippen LogP contribution in [0.25, 0.3) is 11.5 Å². The summed E-state index contributed by atoms with van der Waals surface area (Å²) in [6, 6.07) is 8.09. The number of hydrogen-bond acceptors (Lipinski definition) is 5. The van der Waals surface area contributed by atoms with Gasteiger partial charge in [-0.3, -0.25) is 4.79 Å². The highest BCUT2D eigenvalue weighted by Gasteiger charge is 2.13. The summed E-state index contributed by atoms with van der Waals surface area (Å²) in [5.41, 5.74) is 2.03. The molecule has 1 atom stereocenters. The lowest BCUT2D eigenvalue weighted by Gasteiger charge is -2.14. The average molecular weight is 362 g/mol. The van der Waals surface area contributed by atoms with Crippen LogP contribution in [0.2, 0.25) is 0 Å². The van der Waals surface area contributed by atoms with Gasteiger partial charge in [0.2, 0.25) is 11.8 Å². The van der Waals surface area contributed by atoms with Crippen molar-refractivity contribution in [3.05, 3.63) is 29.8 Å². The number of carbonyl (C=O) groups excluding carboxylic acids is 1. The van der Waals surface area contributed by atoms with Crippen LogP contribution in [0.15, 0.2) is 33.9 Å². The van der Waals surface area contributed by atoms with Gasteiger partial charge in [0.25, 0.3) is 5.22 Å². The Labute approximate surface area is 154 Å². The average Bonchev–Trinajstić information content (AvgIpc) is 3.01. The fraction of sp³-hybridized carbons (Fsp3) is 0.526. The molecule has 0 saturated carbocycles. The molecule has 1 amide bonds. The predicted octanol–water partition coefficient (Wildman–Crippen LogP) is 4.47. The van der Waals surface area contributed by atoms with E-state index in [0.29, 0.717) is 17.0 Å². The van der Waals surface area contributed by atoms with Crippen molar-refractivity contribution in [3.63, 3.8) is 0 Å². The lowest BCUT2D eigenvalue weighted by molar-refractivity contribution is -0.119. The molecule has 0 unspecified atom stereocenters. The van der Waals surface area contributed by atoms with Crippen LogP contribution in [-0.4, -0.2) is 27.9 Å². The maximum atomic E-state index is 12.0. The van der Waals surface area contributed by atoms with Gasteiger partial charge in [-0.1, -0.05) is 56.1 Å². The summed E-state index contributed by atoms with van der Waals surface area (Å²) in [5, 5.41) is 11.5. The lowest BCUT2D eigenvalue weighted by Crippen LogP contribution is -2.33. The van der Waals surface area contributed by atoms with E-state index in [0.717, 1.165) is 24.0 Å². The maximum Gasteiger partial charge on any atom is 0.277 e. The third-order valence-electron chi connectivity index (χ3n) is 3.82. The van der Waals surface area contributed by atoms with E-state index in [1.807, 2.05) is 38.1 Å². The van der Waals surface area contributed by atoms with Crippen molar-refractivity contribution < 1.29 is 9.21 Å². The van der Waals surface area contributed by atoms with E-state index in [-0.39, 0.29) is 17.7 Å². The van der Waals surface area contributed by atoms with Crippen LogP contribution >= 0.6 is 11.8 Å². The molecule has 25 heavy (non-hydrogen) atoms. The molecule has 5 nitrogen and oxygen atoms in total. The van der Waals surface area contributed by atoms with E-state index in [4.69, 9.17) is 4.42 Å². The van der Waals surface area contributed by atoms with Crippen LogP contribution < -0.4 is 5.32 Å². The van der Waals surface area contributed by atoms with E-state index < -0.39 is 0 Å². The third-order valence-corrected chi connectivity index (χ3v) is 4.64. The number of nitrogens with zero attached hydrogens (tertiary/aromatic N) is 2. The summed E-state index contributed by atoms with van der Waals surface area (Å²) < 4.78 is 5.63. The minimum atomic E-state index is -0.00245. The molecule has 0 aliphatic heterocycles. The Bertz CT molecular complexity index is 685. The summed E-state index contributed by atoms with van der Waals surface area (Å²) in [5.74, 6) is 1.47. The largest absolute Gasteiger partial charge is 0.411 e. The van der Waals surface area contributed by atoms with Crippen molar-refractivity contribution in [2.75, 3.05) is 5.75 Å². The molecular formula is C19H27N3O2S. The first-order chi connectivity index (χ1) is 11.9. The van der Waals surface area contributed by atoms with Gasteiger partial charge in [-0.2, -0.15) is 0 Å². The van der Waals surface area contributed by atoms with Gasteiger partial charge in [-0.25, -0.2) is 0 Å². The first kappa shape index (κ1) is 19.5. The summed E-state index contributed by atoms with van der Waals surface area (Å²) in [6.07, 6.45) is 3.33. The van der Waals surface area contributed by atoms with Crippen molar-refractivity contribution in [1.82, 2.24) is 15.5 Å². The number of aromatic nitrogens is 2. The quantitative estimate of drug-likeness (QED) is 0.668. The first-order valence-corrected chi connectivity index (χ1v) is 9.75. The number of aryl methyl sites for hydroxylation is 1. The number of nitrogens with one attached hydrogen (secondary N) is 1. The molecule has 0 radical (unpaired) electrons. The van der Waals surface area contributed by atoms with E-state index in [2.05, 4.69) is 29.4 Å². The zero-order valence-corrected chi connectivity index (χ0v) is 16.2. The number of amides is 1. The van der Waals surface area contributed by atoms with Gasteiger partial charge in [0, 0.05) is 11.6 Å². The summed E-state index contributed by atoms with van der Waals surface area (Å²) in [6.45, 7) is 8.50. The van der Waals surface area contributed by atoms with Crippen LogP contribution in [0.4, 0.5) is 0 Å². The van der Waals surface area contributed by atoms with Gasteiger partial charge in [0.1, 0.15) is 0 Å². The van der Waals surface area contributed by atoms with Crippen LogP contribution in [-0.2, 0) is 4.79 Å². The highest BCUT2D eigenvalue weighted by Crippen LogP contribution is 2.23. The molecule has 0 fully saturated rings. The Morgan fingerprint density at radius 3 is 2.76 bits per heavy atom. The molecule has 0 saturated heterocycles. The predicted molar refractivity (Wildman–Crippen MR) is 101 cm³/mol. The number of hydrogen-bond donors (Lipinski definition) is 1. The molecule has 1 heterocycles. The van der Waals surface area contributed by atoms with E-state index >= 15 is 0 Å². The lowest BCUT2D eigenvalue weighted by atomic mass is 10.0. The Kier molecular flexibility index (Phi) is 7.50. The van der Waals surface area contributed by atoms with Crippen LogP contribution in [0.3, 0.4) is 0 Å². The van der Waals surface area contributed by atoms with Gasteiger partial charge < -0.3 is 9.73 Å². The fourth-order valence-electron chi connectivity index (χ4n) is 2.51. The van der Waals surface area contributed by atoms with Gasteiger partial charge >= 0.3 is 0 Å². The van der Waals surface area contributed by atoms with E-state index in [9.17, 15) is 4.79 Å². The van der Waals surface area contributed by atoms with Gasteiger partial charge in [0.05, 0.1) is 5.75 Å². The smallest absolute Gasteiger partial charge is 0.277 e. The highest BCUT2D eigenvalue weighted by molar-refractivity contribution is 7.99. The number of rotatable bonds is 9. The molecule has 0 bridgehead atoms. The van der Waals surface area contributed by atoms with Gasteiger partial charge in [-0.15, -0.1) is 10.2 Å². The highest BCUT2D eigenvalue weighted by atomic mass is 32.2. The van der Waals surface area contributed by atoms with Crippen LogP contribution in [0.1, 0.15) is 45.6 Å². The Morgan fingerprint density at radius 1 is 1.24 bits per heavy atom. The SMILES string of the molecule is Cc1cccc(-c2nnc(SCC(=O)N[C@H](C)CCCC(C)C)o2)c1. The van der Waals surface area contributed by atoms with Crippen molar-refractivity contribution in [2.45, 2.75) is 58.2 Å². The summed E-state index contributed by atoms with van der Waals surface area (Å²) >= 11 is 1.27. The molecular weight excluding hydrogens is 334 g/mol. The molecule has 1 aromatic carbocycles. The second-order valence-electron chi connectivity index (χ2n) is 6.82. The zero-order valence-electron chi connectivity index (χ0n) is 15.4.